The molecule has 6 heterocycles. The van der Waals surface area contributed by atoms with Crippen LogP contribution in [-0.4, -0.2) is 314 Å². The second-order valence-electron chi connectivity index (χ2n) is 17.5. The Labute approximate surface area is 395 Å². The molecule has 0 spiro atoms. The zero-order valence-electron chi connectivity index (χ0n) is 37.0. The van der Waals surface area contributed by atoms with Gasteiger partial charge in [0.2, 0.25) is 5.91 Å². The van der Waals surface area contributed by atoms with E-state index in [-0.39, 0.29) is 0 Å². The number of carboxylic acids is 1. The molecule has 0 aliphatic carbocycles. The average molecular weight is 1030 g/mol. The van der Waals surface area contributed by atoms with Crippen molar-refractivity contribution in [3.05, 3.63) is 0 Å². The zero-order valence-corrected chi connectivity index (χ0v) is 37.0. The summed E-state index contributed by atoms with van der Waals surface area (Å²) in [7, 11) is 0. The minimum Gasteiger partial charge on any atom is -0.479 e. The number of ether oxygens (including phenoxy) is 11. The van der Waals surface area contributed by atoms with Crippen LogP contribution in [0.5, 0.6) is 0 Å². The largest absolute Gasteiger partial charge is 0.479 e. The molecule has 1 amide bonds. The maximum Gasteiger partial charge on any atom is 0.335 e. The molecular weight excluding hydrogens is 966 g/mol. The fourth-order valence-corrected chi connectivity index (χ4v) is 8.83. The van der Waals surface area contributed by atoms with Crippen molar-refractivity contribution >= 4 is 11.9 Å². The molecule has 30 atom stereocenters. The number of amides is 1. The van der Waals surface area contributed by atoms with E-state index in [2.05, 4.69) is 5.32 Å². The molecule has 6 saturated heterocycles. The zero-order chi connectivity index (χ0) is 51.8. The fraction of sp³-hybridized carbons (Fsp3) is 0.947. The summed E-state index contributed by atoms with van der Waals surface area (Å²) in [6, 6.07) is -1.83. The number of aliphatic carboxylic acids is 1. The second-order valence-corrected chi connectivity index (χ2v) is 17.5. The van der Waals surface area contributed by atoms with Crippen LogP contribution in [0.2, 0.25) is 0 Å². The van der Waals surface area contributed by atoms with E-state index in [1.807, 2.05) is 0 Å². The minimum atomic E-state index is -2.46. The number of aliphatic hydroxyl groups is 17. The Morgan fingerprint density at radius 3 is 1.34 bits per heavy atom. The molecule has 0 aromatic heterocycles. The Morgan fingerprint density at radius 1 is 0.414 bits per heavy atom. The lowest BCUT2D eigenvalue weighted by Crippen LogP contribution is -2.70. The summed E-state index contributed by atoms with van der Waals surface area (Å²) in [5.74, 6) is -2.84. The quantitative estimate of drug-likeness (QED) is 0.0682. The first-order valence-electron chi connectivity index (χ1n) is 22.0. The third-order valence-electron chi connectivity index (χ3n) is 12.8. The number of carbonyl (C=O) groups excluding carboxylic acids is 1. The normalized spacial score (nSPS) is 51.4. The van der Waals surface area contributed by atoms with Gasteiger partial charge >= 0.3 is 5.97 Å². The highest BCUT2D eigenvalue weighted by Crippen LogP contribution is 2.38. The highest BCUT2D eigenvalue weighted by Gasteiger charge is 2.59. The smallest absolute Gasteiger partial charge is 0.335 e. The van der Waals surface area contributed by atoms with Gasteiger partial charge in [-0.05, 0) is 6.92 Å². The van der Waals surface area contributed by atoms with Crippen LogP contribution in [0.4, 0.5) is 0 Å². The number of rotatable bonds is 16. The topological polar surface area (TPSA) is 512 Å². The first-order valence-corrected chi connectivity index (χ1v) is 22.0. The second kappa shape index (κ2) is 24.0. The van der Waals surface area contributed by atoms with E-state index >= 15 is 0 Å². The van der Waals surface area contributed by atoms with Crippen molar-refractivity contribution in [2.45, 2.75) is 198 Å². The third-order valence-corrected chi connectivity index (χ3v) is 12.8. The first kappa shape index (κ1) is 57.1. The fourth-order valence-electron chi connectivity index (χ4n) is 8.83. The van der Waals surface area contributed by atoms with Gasteiger partial charge in [-0.3, -0.25) is 4.79 Å². The van der Waals surface area contributed by atoms with Gasteiger partial charge in [0.1, 0.15) is 134 Å². The lowest BCUT2D eigenvalue weighted by Gasteiger charge is -2.51. The van der Waals surface area contributed by atoms with Crippen molar-refractivity contribution < 1.29 is 154 Å². The van der Waals surface area contributed by atoms with Gasteiger partial charge in [-0.1, -0.05) is 0 Å². The maximum absolute atomic E-state index is 12.9. The monoisotopic (exact) mass is 1030 g/mol. The van der Waals surface area contributed by atoms with Crippen molar-refractivity contribution in [1.29, 1.82) is 0 Å². The van der Waals surface area contributed by atoms with Gasteiger partial charge in [-0.25, -0.2) is 4.79 Å². The highest BCUT2D eigenvalue weighted by atomic mass is 16.8. The molecule has 0 bridgehead atoms. The molecule has 32 nitrogen and oxygen atoms in total. The predicted molar refractivity (Wildman–Crippen MR) is 210 cm³/mol. The van der Waals surface area contributed by atoms with Gasteiger partial charge in [0.15, 0.2) is 43.8 Å². The number of hydrogen-bond acceptors (Lipinski definition) is 30. The van der Waals surface area contributed by atoms with E-state index in [1.165, 1.54) is 6.92 Å². The summed E-state index contributed by atoms with van der Waals surface area (Å²) in [6.45, 7) is -1.69. The molecule has 0 aromatic carbocycles. The van der Waals surface area contributed by atoms with Crippen LogP contribution in [0, 0.1) is 0 Å². The van der Waals surface area contributed by atoms with E-state index in [9.17, 15) is 102 Å². The van der Waals surface area contributed by atoms with Crippen molar-refractivity contribution in [2.24, 2.45) is 0 Å². The third kappa shape index (κ3) is 11.7. The SMILES string of the molecule is CC(=O)N[C@H]1[C@H](O[C@H]2[C@H](O)[C@@H](O)[C@H](O[C@@H]3[C@@H](O[C@@H]4[C@@H](O)[C@@H](O)C(O)O[C@H]4C)O[C@H](CO)[C@@H](O)[C@@H]3O[C@H]3O[C@H](CO)[C@H](O)[C@H](O)[C@H]3O)O[C@@H]2C(=O)O)O[C@H](CO)[C@@H](O[C@H]2O[C@H](CO)[C@@H](O)[C@H](O)[C@H]2O)[C@@H]1O. The molecular formula is C38H63NO31. The molecule has 6 fully saturated rings. The van der Waals surface area contributed by atoms with E-state index < -0.39 is 222 Å². The molecule has 0 aromatic rings. The number of hydrogen-bond donors (Lipinski definition) is 19. The van der Waals surface area contributed by atoms with Gasteiger partial charge in [0.25, 0.3) is 0 Å². The minimum absolute atomic E-state index is 0.877. The first-order chi connectivity index (χ1) is 33.0. The van der Waals surface area contributed by atoms with Crippen molar-refractivity contribution in [2.75, 3.05) is 26.4 Å². The molecule has 0 saturated carbocycles. The molecule has 6 aliphatic rings. The summed E-state index contributed by atoms with van der Waals surface area (Å²) in [6.07, 6.45) is -57.8. The standard InChI is InChI=1S/C38H63NO31/c1-7-26(20(51)22(53)33(59)60-7)65-38-31(28(16(47)11(5-42)63-38)68-36-24(55)19(50)15(46)10(4-41)62-36)70-37-25(56)21(52)29(30(69-37)32(57)58)67-34-13(39-8(2)44)17(48)27(12(6-43)64-34)66-35-23(54)18(49)14(45)9(3-40)61-35/h7,9-31,33-38,40-43,45-56,59H,3-6H2,1-2H3,(H,39,44)(H,57,58)/t7-,9+,10+,11+,12+,13+,14+,15-,16+,17+,18-,19-,20-,21+,22+,23+,24+,25+,26-,27+,28-,29-,30-,31-,33?,34-,35+,36+,37-,38+/m0/s1. The van der Waals surface area contributed by atoms with Crippen molar-refractivity contribution in [1.82, 2.24) is 5.32 Å². The molecule has 6 aliphatic heterocycles. The summed E-state index contributed by atoms with van der Waals surface area (Å²) in [5, 5.41) is 193. The van der Waals surface area contributed by atoms with E-state index in [0.717, 1.165) is 6.92 Å². The van der Waals surface area contributed by atoms with E-state index in [4.69, 9.17) is 52.1 Å². The Kier molecular flexibility index (Phi) is 19.6. The van der Waals surface area contributed by atoms with Crippen LogP contribution in [0.15, 0.2) is 0 Å². The van der Waals surface area contributed by atoms with Crippen LogP contribution in [0.3, 0.4) is 0 Å². The Hall–Kier alpha value is -2.18. The number of aliphatic hydroxyl groups excluding tert-OH is 17. The van der Waals surface area contributed by atoms with Gasteiger partial charge in [-0.2, -0.15) is 0 Å². The molecule has 70 heavy (non-hydrogen) atoms. The van der Waals surface area contributed by atoms with Crippen LogP contribution >= 0.6 is 0 Å². The summed E-state index contributed by atoms with van der Waals surface area (Å²) in [4.78, 5) is 25.3. The number of nitrogens with one attached hydrogen (secondary N) is 1. The van der Waals surface area contributed by atoms with E-state index in [0.29, 0.717) is 0 Å². The van der Waals surface area contributed by atoms with Crippen LogP contribution in [0.1, 0.15) is 13.8 Å². The molecule has 406 valence electrons. The molecule has 6 rings (SSSR count). The van der Waals surface area contributed by atoms with Gasteiger partial charge in [0.05, 0.1) is 32.5 Å². The lowest BCUT2D eigenvalue weighted by atomic mass is 9.94. The molecule has 19 N–H and O–H groups in total. The lowest BCUT2D eigenvalue weighted by molar-refractivity contribution is -0.406. The number of carbonyl (C=O) groups is 2. The summed E-state index contributed by atoms with van der Waals surface area (Å²) in [5.41, 5.74) is 0. The van der Waals surface area contributed by atoms with Crippen molar-refractivity contribution in [3.63, 3.8) is 0 Å². The van der Waals surface area contributed by atoms with E-state index in [1.54, 1.807) is 0 Å². The van der Waals surface area contributed by atoms with Crippen LogP contribution < -0.4 is 5.32 Å². The van der Waals surface area contributed by atoms with Crippen molar-refractivity contribution in [3.8, 4) is 0 Å². The Balaban J connectivity index is 1.28. The maximum atomic E-state index is 12.9. The predicted octanol–water partition coefficient (Wildman–Crippen LogP) is -12.8. The molecule has 32 heteroatoms. The van der Waals surface area contributed by atoms with Crippen LogP contribution in [-0.2, 0) is 61.7 Å². The van der Waals surface area contributed by atoms with Gasteiger partial charge < -0.3 is 149 Å². The number of carboxylic acid groups (broad SMARTS) is 1. The van der Waals surface area contributed by atoms with Gasteiger partial charge in [-0.15, -0.1) is 0 Å². The summed E-state index contributed by atoms with van der Waals surface area (Å²) >= 11 is 0. The molecule has 0 radical (unpaired) electrons. The van der Waals surface area contributed by atoms with Crippen LogP contribution in [0.25, 0.3) is 0 Å². The average Bonchev–Trinajstić information content (AvgIpc) is 3.32. The highest BCUT2D eigenvalue weighted by molar-refractivity contribution is 5.74. The summed E-state index contributed by atoms with van der Waals surface area (Å²) < 4.78 is 62.2. The molecule has 1 unspecified atom stereocenters. The Morgan fingerprint density at radius 2 is 0.829 bits per heavy atom. The van der Waals surface area contributed by atoms with Gasteiger partial charge in [0, 0.05) is 6.92 Å². The Bertz CT molecular complexity index is 1690.